The molecule has 0 bridgehead atoms. The number of benzene rings is 2. The average molecular weight is 496 g/mol. The van der Waals surface area contributed by atoms with Crippen molar-refractivity contribution < 1.29 is 23.4 Å². The van der Waals surface area contributed by atoms with E-state index in [9.17, 15) is 18.7 Å². The van der Waals surface area contributed by atoms with Crippen LogP contribution >= 0.6 is 0 Å². The van der Waals surface area contributed by atoms with Crippen LogP contribution in [0.4, 0.5) is 8.78 Å². The van der Waals surface area contributed by atoms with Crippen LogP contribution in [0.25, 0.3) is 11.1 Å². The van der Waals surface area contributed by atoms with Gasteiger partial charge in [0.15, 0.2) is 0 Å². The highest BCUT2D eigenvalue weighted by molar-refractivity contribution is 5.98. The third-order valence-electron chi connectivity index (χ3n) is 6.56. The van der Waals surface area contributed by atoms with Crippen LogP contribution in [0.1, 0.15) is 29.8 Å². The van der Waals surface area contributed by atoms with Crippen molar-refractivity contribution in [3.63, 3.8) is 0 Å². The Balaban J connectivity index is 1.64. The standard InChI is InChI=1S/C28H31F2N3O3/c1-18-14-33(19(2)17-34)28(35)25-12-22(21-6-10-24(30)11-7-21)13-31-27(25)36-26(18)16-32(3)15-20-4-8-23(29)9-5-20/h4-13,18-19,26,34H,14-17H2,1-3H3/t18-,19-,26-/m0/s1. The van der Waals surface area contributed by atoms with Crippen LogP contribution < -0.4 is 4.74 Å². The van der Waals surface area contributed by atoms with Gasteiger partial charge < -0.3 is 14.7 Å². The van der Waals surface area contributed by atoms with Crippen LogP contribution in [0.5, 0.6) is 5.88 Å². The Morgan fingerprint density at radius 1 is 1.11 bits per heavy atom. The molecule has 0 unspecified atom stereocenters. The van der Waals surface area contributed by atoms with Crippen molar-refractivity contribution in [1.29, 1.82) is 0 Å². The lowest BCUT2D eigenvalue weighted by molar-refractivity contribution is 0.0325. The summed E-state index contributed by atoms with van der Waals surface area (Å²) in [5, 5.41) is 9.84. The number of rotatable bonds is 7. The minimum Gasteiger partial charge on any atom is -0.472 e. The lowest BCUT2D eigenvalue weighted by Gasteiger charge is -2.37. The smallest absolute Gasteiger partial charge is 0.259 e. The van der Waals surface area contributed by atoms with E-state index in [-0.39, 0.29) is 42.1 Å². The van der Waals surface area contributed by atoms with Gasteiger partial charge in [0.1, 0.15) is 23.3 Å². The number of halogens is 2. The minimum atomic E-state index is -0.391. The van der Waals surface area contributed by atoms with Crippen molar-refractivity contribution in [3.8, 4) is 17.0 Å². The molecule has 1 aliphatic rings. The van der Waals surface area contributed by atoms with E-state index in [1.807, 2.05) is 14.0 Å². The van der Waals surface area contributed by atoms with Crippen molar-refractivity contribution in [1.82, 2.24) is 14.8 Å². The van der Waals surface area contributed by atoms with Crippen molar-refractivity contribution >= 4 is 5.91 Å². The summed E-state index contributed by atoms with van der Waals surface area (Å²) in [7, 11) is 1.96. The van der Waals surface area contributed by atoms with Gasteiger partial charge in [0.2, 0.25) is 5.88 Å². The first-order valence-electron chi connectivity index (χ1n) is 12.0. The fourth-order valence-electron chi connectivity index (χ4n) is 4.39. The van der Waals surface area contributed by atoms with Gasteiger partial charge in [-0.2, -0.15) is 0 Å². The maximum atomic E-state index is 13.6. The molecule has 0 saturated carbocycles. The molecule has 1 aromatic heterocycles. The molecule has 0 radical (unpaired) electrons. The fourth-order valence-corrected chi connectivity index (χ4v) is 4.39. The molecule has 0 spiro atoms. The molecule has 1 aliphatic heterocycles. The molecule has 1 N–H and O–H groups in total. The minimum absolute atomic E-state index is 0.0506. The number of hydrogen-bond acceptors (Lipinski definition) is 5. The number of aliphatic hydroxyl groups excluding tert-OH is 1. The maximum Gasteiger partial charge on any atom is 0.259 e. The van der Waals surface area contributed by atoms with Gasteiger partial charge in [0.05, 0.1) is 12.6 Å². The van der Waals surface area contributed by atoms with E-state index in [1.165, 1.54) is 24.3 Å². The topological polar surface area (TPSA) is 65.9 Å². The van der Waals surface area contributed by atoms with E-state index < -0.39 is 6.04 Å². The van der Waals surface area contributed by atoms with Crippen LogP contribution in [0, 0.1) is 17.6 Å². The molecule has 0 aliphatic carbocycles. The Morgan fingerprint density at radius 2 is 1.75 bits per heavy atom. The monoisotopic (exact) mass is 495 g/mol. The van der Waals surface area contributed by atoms with Crippen LogP contribution in [0.3, 0.4) is 0 Å². The molecule has 3 atom stereocenters. The van der Waals surface area contributed by atoms with Crippen molar-refractivity contribution in [2.24, 2.45) is 5.92 Å². The first-order valence-corrected chi connectivity index (χ1v) is 12.0. The summed E-state index contributed by atoms with van der Waals surface area (Å²) in [6.07, 6.45) is 1.32. The summed E-state index contributed by atoms with van der Waals surface area (Å²) in [6.45, 7) is 5.20. The Bertz CT molecular complexity index is 1190. The quantitative estimate of drug-likeness (QED) is 0.527. The second-order valence-corrected chi connectivity index (χ2v) is 9.53. The van der Waals surface area contributed by atoms with E-state index in [2.05, 4.69) is 9.88 Å². The second kappa shape index (κ2) is 11.1. The summed E-state index contributed by atoms with van der Waals surface area (Å²) in [4.78, 5) is 21.8. The molecule has 8 heteroatoms. The molecule has 6 nitrogen and oxygen atoms in total. The Morgan fingerprint density at radius 3 is 2.39 bits per heavy atom. The molecule has 2 heterocycles. The first kappa shape index (κ1) is 25.7. The molecule has 2 aromatic carbocycles. The lowest BCUT2D eigenvalue weighted by atomic mass is 9.99. The number of aliphatic hydroxyl groups is 1. The Kier molecular flexibility index (Phi) is 7.96. The summed E-state index contributed by atoms with van der Waals surface area (Å²) in [6, 6.07) is 13.7. The van der Waals surface area contributed by atoms with Crippen LogP contribution in [0.15, 0.2) is 60.8 Å². The summed E-state index contributed by atoms with van der Waals surface area (Å²) < 4.78 is 33.0. The van der Waals surface area contributed by atoms with Gasteiger partial charge in [0.25, 0.3) is 5.91 Å². The number of carbonyl (C=O) groups is 1. The van der Waals surface area contributed by atoms with Crippen molar-refractivity contribution in [2.45, 2.75) is 32.5 Å². The van der Waals surface area contributed by atoms with Crippen molar-refractivity contribution in [2.75, 3.05) is 26.7 Å². The molecular weight excluding hydrogens is 464 g/mol. The third-order valence-corrected chi connectivity index (χ3v) is 6.56. The maximum absolute atomic E-state index is 13.6. The number of ether oxygens (including phenoxy) is 1. The fraction of sp³-hybridized carbons (Fsp3) is 0.357. The molecule has 36 heavy (non-hydrogen) atoms. The number of hydrogen-bond donors (Lipinski definition) is 1. The number of nitrogens with zero attached hydrogens (tertiary/aromatic N) is 3. The van der Waals surface area contributed by atoms with Crippen LogP contribution in [0.2, 0.25) is 0 Å². The number of fused-ring (bicyclic) bond motifs is 1. The van der Waals surface area contributed by atoms with Crippen molar-refractivity contribution in [3.05, 3.63) is 83.6 Å². The molecule has 4 rings (SSSR count). The van der Waals surface area contributed by atoms with Gasteiger partial charge in [-0.15, -0.1) is 0 Å². The van der Waals surface area contributed by atoms with Gasteiger partial charge in [-0.25, -0.2) is 13.8 Å². The Hall–Kier alpha value is -3.36. The van der Waals surface area contributed by atoms with Gasteiger partial charge in [-0.05, 0) is 55.4 Å². The van der Waals surface area contributed by atoms with E-state index in [4.69, 9.17) is 4.74 Å². The van der Waals surface area contributed by atoms with E-state index in [0.29, 0.717) is 30.8 Å². The predicted molar refractivity (Wildman–Crippen MR) is 134 cm³/mol. The molecule has 0 saturated heterocycles. The van der Waals surface area contributed by atoms with E-state index in [0.717, 1.165) is 11.1 Å². The first-order chi connectivity index (χ1) is 17.2. The van der Waals surface area contributed by atoms with Gasteiger partial charge in [-0.3, -0.25) is 9.69 Å². The normalized spacial score (nSPS) is 18.9. The number of amides is 1. The number of aromatic nitrogens is 1. The highest BCUT2D eigenvalue weighted by Gasteiger charge is 2.34. The highest BCUT2D eigenvalue weighted by atomic mass is 19.1. The summed E-state index contributed by atoms with van der Waals surface area (Å²) in [5.74, 6) is -0.711. The average Bonchev–Trinajstić information content (AvgIpc) is 2.87. The van der Waals surface area contributed by atoms with Crippen LogP contribution in [-0.4, -0.2) is 64.7 Å². The third kappa shape index (κ3) is 5.88. The van der Waals surface area contributed by atoms with Crippen LogP contribution in [-0.2, 0) is 6.54 Å². The summed E-state index contributed by atoms with van der Waals surface area (Å²) in [5.41, 5.74) is 2.67. The molecule has 3 aromatic rings. The van der Waals surface area contributed by atoms with Gasteiger partial charge >= 0.3 is 0 Å². The van der Waals surface area contributed by atoms with Gasteiger partial charge in [-0.1, -0.05) is 31.2 Å². The zero-order valence-electron chi connectivity index (χ0n) is 20.7. The Labute approximate surface area is 210 Å². The largest absolute Gasteiger partial charge is 0.472 e. The highest BCUT2D eigenvalue weighted by Crippen LogP contribution is 2.30. The zero-order chi connectivity index (χ0) is 25.8. The molecule has 1 amide bonds. The van der Waals surface area contributed by atoms with E-state index in [1.54, 1.807) is 48.4 Å². The lowest BCUT2D eigenvalue weighted by Crippen LogP contribution is -2.49. The molecular formula is C28H31F2N3O3. The molecule has 0 fully saturated rings. The molecule has 190 valence electrons. The van der Waals surface area contributed by atoms with E-state index >= 15 is 0 Å². The number of pyridine rings is 1. The number of likely N-dealkylation sites (N-methyl/N-ethyl adjacent to an activating group) is 1. The SMILES string of the molecule is C[C@H]1CN([C@@H](C)CO)C(=O)c2cc(-c3ccc(F)cc3)cnc2O[C@H]1CN(C)Cc1ccc(F)cc1. The second-order valence-electron chi connectivity index (χ2n) is 9.53. The van der Waals surface area contributed by atoms with Gasteiger partial charge in [0, 0.05) is 37.3 Å². The number of carbonyl (C=O) groups excluding carboxylic acids is 1. The zero-order valence-corrected chi connectivity index (χ0v) is 20.7. The predicted octanol–water partition coefficient (Wildman–Crippen LogP) is 4.38. The summed E-state index contributed by atoms with van der Waals surface area (Å²) >= 11 is 0.